The van der Waals surface area contributed by atoms with E-state index in [1.54, 1.807) is 7.11 Å². The van der Waals surface area contributed by atoms with E-state index in [0.717, 1.165) is 30.9 Å². The van der Waals surface area contributed by atoms with Crippen LogP contribution in [0.3, 0.4) is 0 Å². The van der Waals surface area contributed by atoms with E-state index in [4.69, 9.17) is 14.2 Å². The van der Waals surface area contributed by atoms with Crippen molar-refractivity contribution >= 4 is 0 Å². The summed E-state index contributed by atoms with van der Waals surface area (Å²) >= 11 is 0. The van der Waals surface area contributed by atoms with Crippen LogP contribution in [0.4, 0.5) is 0 Å². The van der Waals surface area contributed by atoms with Crippen molar-refractivity contribution < 1.29 is 14.2 Å². The molecule has 1 aliphatic heterocycles. The fourth-order valence-corrected chi connectivity index (χ4v) is 1.81. The zero-order valence-corrected chi connectivity index (χ0v) is 9.16. The molecule has 1 saturated heterocycles. The molecule has 1 aliphatic rings. The van der Waals surface area contributed by atoms with Crippen LogP contribution in [0.5, 0.6) is 5.75 Å². The smallest absolute Gasteiger partial charge is 0.195 e. The van der Waals surface area contributed by atoms with Crippen LogP contribution in [0.2, 0.25) is 0 Å². The van der Waals surface area contributed by atoms with Crippen LogP contribution in [-0.4, -0.2) is 20.3 Å². The quantitative estimate of drug-likeness (QED) is 0.746. The first-order valence-corrected chi connectivity index (χ1v) is 5.18. The lowest BCUT2D eigenvalue weighted by Gasteiger charge is -2.34. The molecule has 0 N–H and O–H groups in total. The zero-order chi connectivity index (χ0) is 10.7. The molecule has 0 spiro atoms. The largest absolute Gasteiger partial charge is 0.496 e. The summed E-state index contributed by atoms with van der Waals surface area (Å²) < 4.78 is 16.7. The first-order chi connectivity index (χ1) is 7.26. The van der Waals surface area contributed by atoms with Crippen LogP contribution in [0, 0.1) is 0 Å². The van der Waals surface area contributed by atoms with Crippen molar-refractivity contribution in [3.8, 4) is 5.75 Å². The number of hydrogen-bond acceptors (Lipinski definition) is 3. The monoisotopic (exact) mass is 208 g/mol. The van der Waals surface area contributed by atoms with Crippen molar-refractivity contribution in [1.29, 1.82) is 0 Å². The summed E-state index contributed by atoms with van der Waals surface area (Å²) in [4.78, 5) is 0. The number of ether oxygens (including phenoxy) is 3. The minimum Gasteiger partial charge on any atom is -0.496 e. The van der Waals surface area contributed by atoms with Gasteiger partial charge in [-0.15, -0.1) is 0 Å². The molecule has 1 aromatic carbocycles. The Morgan fingerprint density at radius 2 is 1.87 bits per heavy atom. The maximum Gasteiger partial charge on any atom is 0.195 e. The third-order valence-electron chi connectivity index (χ3n) is 2.64. The average molecular weight is 208 g/mol. The molecule has 0 atom stereocenters. The summed E-state index contributed by atoms with van der Waals surface area (Å²) in [6.45, 7) is 3.40. The van der Waals surface area contributed by atoms with Crippen LogP contribution in [-0.2, 0) is 15.3 Å². The summed E-state index contributed by atoms with van der Waals surface area (Å²) in [5.41, 5.74) is 0.951. The highest BCUT2D eigenvalue weighted by Gasteiger charge is 2.33. The van der Waals surface area contributed by atoms with Crippen molar-refractivity contribution in [3.05, 3.63) is 29.8 Å². The topological polar surface area (TPSA) is 27.7 Å². The molecule has 3 heteroatoms. The van der Waals surface area contributed by atoms with E-state index in [9.17, 15) is 0 Å². The highest BCUT2D eigenvalue weighted by atomic mass is 16.7. The molecule has 1 aromatic rings. The zero-order valence-electron chi connectivity index (χ0n) is 9.16. The van der Waals surface area contributed by atoms with Gasteiger partial charge < -0.3 is 14.2 Å². The fourth-order valence-electron chi connectivity index (χ4n) is 1.81. The molecule has 2 rings (SSSR count). The van der Waals surface area contributed by atoms with E-state index in [2.05, 4.69) is 0 Å². The minimum atomic E-state index is -0.662. The summed E-state index contributed by atoms with van der Waals surface area (Å²) in [7, 11) is 1.66. The molecule has 1 heterocycles. The van der Waals surface area contributed by atoms with Crippen molar-refractivity contribution in [2.24, 2.45) is 0 Å². The van der Waals surface area contributed by atoms with Crippen LogP contribution >= 0.6 is 0 Å². The highest BCUT2D eigenvalue weighted by molar-refractivity contribution is 5.36. The predicted molar refractivity (Wildman–Crippen MR) is 56.9 cm³/mol. The van der Waals surface area contributed by atoms with Gasteiger partial charge in [0.15, 0.2) is 5.79 Å². The lowest BCUT2D eigenvalue weighted by atomic mass is 10.1. The third-order valence-corrected chi connectivity index (χ3v) is 2.64. The molecule has 0 unspecified atom stereocenters. The summed E-state index contributed by atoms with van der Waals surface area (Å²) in [5, 5.41) is 0. The van der Waals surface area contributed by atoms with Gasteiger partial charge in [-0.25, -0.2) is 0 Å². The van der Waals surface area contributed by atoms with Gasteiger partial charge in [0.2, 0.25) is 0 Å². The second-order valence-corrected chi connectivity index (χ2v) is 3.70. The van der Waals surface area contributed by atoms with Gasteiger partial charge in [-0.1, -0.05) is 12.1 Å². The molecule has 3 nitrogen and oxygen atoms in total. The Bertz CT molecular complexity index is 329. The van der Waals surface area contributed by atoms with Gasteiger partial charge in [0, 0.05) is 0 Å². The fraction of sp³-hybridized carbons (Fsp3) is 0.500. The van der Waals surface area contributed by atoms with Gasteiger partial charge in [-0.3, -0.25) is 0 Å². The number of para-hydroxylation sites is 1. The molecule has 0 amide bonds. The van der Waals surface area contributed by atoms with E-state index >= 15 is 0 Å². The Hall–Kier alpha value is -1.06. The van der Waals surface area contributed by atoms with E-state index in [1.807, 2.05) is 31.2 Å². The highest BCUT2D eigenvalue weighted by Crippen LogP contribution is 2.35. The average Bonchev–Trinajstić information content (AvgIpc) is 2.30. The van der Waals surface area contributed by atoms with Crippen molar-refractivity contribution in [2.45, 2.75) is 19.1 Å². The molecule has 82 valence electrons. The summed E-state index contributed by atoms with van der Waals surface area (Å²) in [6.07, 6.45) is 0.949. The Morgan fingerprint density at radius 3 is 2.53 bits per heavy atom. The Labute approximate surface area is 90.0 Å². The predicted octanol–water partition coefficient (Wildman–Crippen LogP) is 2.30. The normalized spacial score (nSPS) is 19.9. The number of hydrogen-bond donors (Lipinski definition) is 0. The molecule has 0 aliphatic carbocycles. The molecular formula is C12H16O3. The summed E-state index contributed by atoms with van der Waals surface area (Å²) in [5.74, 6) is 0.145. The van der Waals surface area contributed by atoms with Gasteiger partial charge >= 0.3 is 0 Å². The Morgan fingerprint density at radius 1 is 1.20 bits per heavy atom. The van der Waals surface area contributed by atoms with Gasteiger partial charge in [-0.2, -0.15) is 0 Å². The molecule has 0 aromatic heterocycles. The summed E-state index contributed by atoms with van der Waals surface area (Å²) in [6, 6.07) is 7.80. The molecule has 1 fully saturated rings. The van der Waals surface area contributed by atoms with Crippen LogP contribution < -0.4 is 4.74 Å². The van der Waals surface area contributed by atoms with Gasteiger partial charge in [0.05, 0.1) is 25.9 Å². The number of methoxy groups -OCH3 is 1. The number of benzene rings is 1. The second kappa shape index (κ2) is 4.21. The first-order valence-electron chi connectivity index (χ1n) is 5.18. The van der Waals surface area contributed by atoms with Gasteiger partial charge in [0.25, 0.3) is 0 Å². The van der Waals surface area contributed by atoms with E-state index in [0.29, 0.717) is 0 Å². The van der Waals surface area contributed by atoms with E-state index in [1.165, 1.54) is 0 Å². The molecule has 0 saturated carbocycles. The number of rotatable bonds is 2. The molecular weight excluding hydrogens is 192 g/mol. The van der Waals surface area contributed by atoms with Crippen molar-refractivity contribution in [1.82, 2.24) is 0 Å². The van der Waals surface area contributed by atoms with Crippen LogP contribution in [0.1, 0.15) is 18.9 Å². The Kier molecular flexibility index (Phi) is 2.93. The Balaban J connectivity index is 2.34. The van der Waals surface area contributed by atoms with Crippen LogP contribution in [0.15, 0.2) is 24.3 Å². The third kappa shape index (κ3) is 1.98. The van der Waals surface area contributed by atoms with Crippen LogP contribution in [0.25, 0.3) is 0 Å². The molecule has 0 bridgehead atoms. The van der Waals surface area contributed by atoms with Crippen molar-refractivity contribution in [2.75, 3.05) is 20.3 Å². The first kappa shape index (κ1) is 10.5. The minimum absolute atomic E-state index is 0.662. The lowest BCUT2D eigenvalue weighted by Crippen LogP contribution is -2.35. The van der Waals surface area contributed by atoms with E-state index < -0.39 is 5.79 Å². The van der Waals surface area contributed by atoms with Gasteiger partial charge in [-0.05, 0) is 25.5 Å². The van der Waals surface area contributed by atoms with Crippen molar-refractivity contribution in [3.63, 3.8) is 0 Å². The SMILES string of the molecule is COc1ccccc1C1(C)OCCCO1. The molecule has 15 heavy (non-hydrogen) atoms. The molecule has 0 radical (unpaired) electrons. The second-order valence-electron chi connectivity index (χ2n) is 3.70. The maximum absolute atomic E-state index is 5.69. The van der Waals surface area contributed by atoms with Gasteiger partial charge in [0.1, 0.15) is 5.75 Å². The lowest BCUT2D eigenvalue weighted by molar-refractivity contribution is -0.265. The standard InChI is InChI=1S/C12H16O3/c1-12(14-8-5-9-15-12)10-6-3-4-7-11(10)13-2/h3-4,6-7H,5,8-9H2,1-2H3. The van der Waals surface area contributed by atoms with E-state index in [-0.39, 0.29) is 0 Å². The maximum atomic E-state index is 5.69.